The highest BCUT2D eigenvalue weighted by molar-refractivity contribution is 14.1. The zero-order chi connectivity index (χ0) is 15.6. The lowest BCUT2D eigenvalue weighted by molar-refractivity contribution is 0.547. The van der Waals surface area contributed by atoms with E-state index in [9.17, 15) is 0 Å². The molecule has 4 N–H and O–H groups in total. The molecule has 5 nitrogen and oxygen atoms in total. The van der Waals surface area contributed by atoms with Crippen molar-refractivity contribution in [1.82, 2.24) is 9.97 Å². The van der Waals surface area contributed by atoms with Crippen LogP contribution in [0.4, 0.5) is 17.3 Å². The van der Waals surface area contributed by atoms with Gasteiger partial charge in [-0.05, 0) is 40.8 Å². The summed E-state index contributed by atoms with van der Waals surface area (Å²) in [5.74, 6) is 7.45. The van der Waals surface area contributed by atoms with Gasteiger partial charge in [-0.1, -0.05) is 32.4 Å². The number of halogens is 2. The summed E-state index contributed by atoms with van der Waals surface area (Å²) in [5, 5.41) is 3.98. The Morgan fingerprint density at radius 3 is 2.38 bits per heavy atom. The van der Waals surface area contributed by atoms with Crippen molar-refractivity contribution >= 4 is 51.5 Å². The van der Waals surface area contributed by atoms with Gasteiger partial charge in [-0.3, -0.25) is 0 Å². The summed E-state index contributed by atoms with van der Waals surface area (Å²) in [6.45, 7) is 6.16. The summed E-state index contributed by atoms with van der Waals surface area (Å²) in [5.41, 5.74) is 3.34. The molecule has 0 saturated carbocycles. The van der Waals surface area contributed by atoms with Crippen molar-refractivity contribution in [1.29, 1.82) is 0 Å². The molecule has 112 valence electrons. The van der Waals surface area contributed by atoms with Gasteiger partial charge in [0.25, 0.3) is 0 Å². The Bertz CT molecular complexity index is 654. The number of rotatable bonds is 3. The molecule has 0 fully saturated rings. The number of nitrogens with two attached hydrogens (primary N) is 1. The Kier molecular flexibility index (Phi) is 4.90. The number of nitrogens with zero attached hydrogens (tertiary/aromatic N) is 2. The number of nitrogens with one attached hydrogen (secondary N) is 2. The quantitative estimate of drug-likeness (QED) is 0.399. The molecular formula is C14H17ClIN5. The maximum Gasteiger partial charge on any atom is 0.145 e. The number of benzene rings is 1. The molecule has 0 radical (unpaired) electrons. The summed E-state index contributed by atoms with van der Waals surface area (Å²) < 4.78 is 1.01. The Morgan fingerprint density at radius 1 is 1.14 bits per heavy atom. The third kappa shape index (κ3) is 4.18. The lowest BCUT2D eigenvalue weighted by atomic mass is 9.96. The van der Waals surface area contributed by atoms with Crippen LogP contribution in [0.3, 0.4) is 0 Å². The van der Waals surface area contributed by atoms with Gasteiger partial charge in [-0.2, -0.15) is 0 Å². The molecule has 1 aromatic carbocycles. The number of aromatic nitrogens is 2. The van der Waals surface area contributed by atoms with E-state index in [4.69, 9.17) is 17.4 Å². The van der Waals surface area contributed by atoms with Gasteiger partial charge in [-0.25, -0.2) is 15.8 Å². The lowest BCUT2D eigenvalue weighted by Gasteiger charge is -2.19. The Balaban J connectivity index is 2.39. The van der Waals surface area contributed by atoms with Crippen molar-refractivity contribution in [2.45, 2.75) is 26.2 Å². The second kappa shape index (κ2) is 6.33. The highest BCUT2D eigenvalue weighted by Gasteiger charge is 2.19. The topological polar surface area (TPSA) is 75.9 Å². The van der Waals surface area contributed by atoms with Gasteiger partial charge in [0.15, 0.2) is 0 Å². The van der Waals surface area contributed by atoms with E-state index >= 15 is 0 Å². The van der Waals surface area contributed by atoms with Crippen molar-refractivity contribution < 1.29 is 0 Å². The summed E-state index contributed by atoms with van der Waals surface area (Å²) in [6.07, 6.45) is 0. The minimum absolute atomic E-state index is 0.170. The SMILES string of the molecule is CC(C)(C)c1nc(NN)cc(Nc2ccc(Cl)cc2I)n1. The molecule has 1 aromatic heterocycles. The van der Waals surface area contributed by atoms with E-state index in [-0.39, 0.29) is 5.41 Å². The average molecular weight is 418 g/mol. The molecule has 2 rings (SSSR count). The minimum atomic E-state index is -0.170. The fraction of sp³-hybridized carbons (Fsp3) is 0.286. The van der Waals surface area contributed by atoms with Crippen molar-refractivity contribution in [3.63, 3.8) is 0 Å². The monoisotopic (exact) mass is 417 g/mol. The first-order valence-corrected chi connectivity index (χ1v) is 7.83. The van der Waals surface area contributed by atoms with E-state index in [2.05, 4.69) is 64.1 Å². The molecule has 0 aliphatic heterocycles. The third-order valence-corrected chi connectivity index (χ3v) is 3.87. The lowest BCUT2D eigenvalue weighted by Crippen LogP contribution is -2.19. The fourth-order valence-electron chi connectivity index (χ4n) is 1.65. The van der Waals surface area contributed by atoms with Crippen LogP contribution in [-0.4, -0.2) is 9.97 Å². The van der Waals surface area contributed by atoms with Crippen molar-refractivity contribution in [3.05, 3.63) is 38.7 Å². The smallest absolute Gasteiger partial charge is 0.145 e. The first kappa shape index (κ1) is 16.3. The number of hydrazine groups is 1. The van der Waals surface area contributed by atoms with Crippen LogP contribution in [-0.2, 0) is 5.41 Å². The molecule has 2 aromatic rings. The minimum Gasteiger partial charge on any atom is -0.339 e. The number of nitrogen functional groups attached to an aromatic ring is 1. The van der Waals surface area contributed by atoms with E-state index in [1.54, 1.807) is 6.07 Å². The second-order valence-electron chi connectivity index (χ2n) is 5.61. The van der Waals surface area contributed by atoms with Gasteiger partial charge in [-0.15, -0.1) is 0 Å². The molecule has 0 atom stereocenters. The van der Waals surface area contributed by atoms with Crippen LogP contribution in [0.5, 0.6) is 0 Å². The molecule has 0 amide bonds. The van der Waals surface area contributed by atoms with Crippen LogP contribution >= 0.6 is 34.2 Å². The third-order valence-electron chi connectivity index (χ3n) is 2.74. The van der Waals surface area contributed by atoms with E-state index in [0.717, 1.165) is 9.26 Å². The Morgan fingerprint density at radius 2 is 1.81 bits per heavy atom. The van der Waals surface area contributed by atoms with Crippen LogP contribution < -0.4 is 16.6 Å². The molecule has 21 heavy (non-hydrogen) atoms. The normalized spacial score (nSPS) is 11.3. The second-order valence-corrected chi connectivity index (χ2v) is 7.20. The first-order chi connectivity index (χ1) is 9.79. The molecule has 0 aliphatic rings. The molecule has 7 heteroatoms. The standard InChI is InChI=1S/C14H17ClIN5/c1-14(2,3)13-19-11(7-12(20-13)21-17)18-10-5-4-8(15)6-9(10)16/h4-7H,17H2,1-3H3,(H2,18,19,20,21). The van der Waals surface area contributed by atoms with E-state index in [1.807, 2.05) is 18.2 Å². The van der Waals surface area contributed by atoms with Gasteiger partial charge in [0.1, 0.15) is 17.5 Å². The number of hydrogen-bond acceptors (Lipinski definition) is 5. The zero-order valence-electron chi connectivity index (χ0n) is 12.0. The maximum absolute atomic E-state index is 5.97. The van der Waals surface area contributed by atoms with Gasteiger partial charge < -0.3 is 10.7 Å². The fourth-order valence-corrected chi connectivity index (χ4v) is 2.66. The summed E-state index contributed by atoms with van der Waals surface area (Å²) in [4.78, 5) is 8.95. The van der Waals surface area contributed by atoms with Gasteiger partial charge >= 0.3 is 0 Å². The first-order valence-electron chi connectivity index (χ1n) is 6.38. The molecule has 0 spiro atoms. The van der Waals surface area contributed by atoms with Crippen molar-refractivity contribution in [2.75, 3.05) is 10.7 Å². The van der Waals surface area contributed by atoms with Crippen LogP contribution in [0.1, 0.15) is 26.6 Å². The summed E-state index contributed by atoms with van der Waals surface area (Å²) in [7, 11) is 0. The predicted molar refractivity (Wildman–Crippen MR) is 96.0 cm³/mol. The zero-order valence-corrected chi connectivity index (χ0v) is 15.0. The molecule has 0 aliphatic carbocycles. The molecular weight excluding hydrogens is 401 g/mol. The number of anilines is 3. The Hall–Kier alpha value is -1.12. The van der Waals surface area contributed by atoms with Crippen LogP contribution in [0.25, 0.3) is 0 Å². The Labute approximate surface area is 142 Å². The van der Waals surface area contributed by atoms with Gasteiger partial charge in [0.05, 0.1) is 5.69 Å². The number of hydrogen-bond donors (Lipinski definition) is 3. The van der Waals surface area contributed by atoms with E-state index < -0.39 is 0 Å². The van der Waals surface area contributed by atoms with Gasteiger partial charge in [0, 0.05) is 20.1 Å². The predicted octanol–water partition coefficient (Wildman–Crippen LogP) is 4.06. The summed E-state index contributed by atoms with van der Waals surface area (Å²) >= 11 is 8.19. The summed E-state index contributed by atoms with van der Waals surface area (Å²) in [6, 6.07) is 7.40. The van der Waals surface area contributed by atoms with Crippen LogP contribution in [0.2, 0.25) is 5.02 Å². The maximum atomic E-state index is 5.97. The van der Waals surface area contributed by atoms with Crippen molar-refractivity contribution in [2.24, 2.45) is 5.84 Å². The largest absolute Gasteiger partial charge is 0.339 e. The molecule has 1 heterocycles. The van der Waals surface area contributed by atoms with Gasteiger partial charge in [0.2, 0.25) is 0 Å². The van der Waals surface area contributed by atoms with Crippen LogP contribution in [0.15, 0.2) is 24.3 Å². The van der Waals surface area contributed by atoms with Crippen molar-refractivity contribution in [3.8, 4) is 0 Å². The molecule has 0 unspecified atom stereocenters. The van der Waals surface area contributed by atoms with E-state index in [1.165, 1.54) is 0 Å². The molecule has 0 bridgehead atoms. The molecule has 0 saturated heterocycles. The van der Waals surface area contributed by atoms with E-state index in [0.29, 0.717) is 22.5 Å². The highest BCUT2D eigenvalue weighted by atomic mass is 127. The van der Waals surface area contributed by atoms with Crippen LogP contribution in [0, 0.1) is 3.57 Å². The average Bonchev–Trinajstić information content (AvgIpc) is 2.40. The highest BCUT2D eigenvalue weighted by Crippen LogP contribution is 2.27.